The quantitative estimate of drug-likeness (QED) is 0.804. The van der Waals surface area contributed by atoms with Gasteiger partial charge in [-0.3, -0.25) is 4.90 Å². The van der Waals surface area contributed by atoms with Crippen LogP contribution in [-0.4, -0.2) is 59.9 Å². The van der Waals surface area contributed by atoms with Gasteiger partial charge in [-0.25, -0.2) is 4.79 Å². The average molecular weight is 308 g/mol. The van der Waals surface area contributed by atoms with Gasteiger partial charge >= 0.3 is 12.3 Å². The summed E-state index contributed by atoms with van der Waals surface area (Å²) >= 11 is 0. The Morgan fingerprint density at radius 2 is 1.76 bits per heavy atom. The largest absolute Gasteiger partial charge is 0.444 e. The fraction of sp³-hybridized carbons (Fsp3) is 0.929. The molecule has 1 heterocycles. The fourth-order valence-corrected chi connectivity index (χ4v) is 3.17. The normalized spacial score (nSPS) is 28.8. The van der Waals surface area contributed by atoms with Crippen molar-refractivity contribution in [1.29, 1.82) is 0 Å². The summed E-state index contributed by atoms with van der Waals surface area (Å²) in [5, 5.41) is 0. The van der Waals surface area contributed by atoms with Crippen LogP contribution in [0.5, 0.6) is 0 Å². The van der Waals surface area contributed by atoms with Gasteiger partial charge in [0.15, 0.2) is 0 Å². The van der Waals surface area contributed by atoms with Crippen LogP contribution in [0.25, 0.3) is 0 Å². The molecule has 122 valence electrons. The maximum atomic E-state index is 12.5. The molecule has 1 amide bonds. The highest BCUT2D eigenvalue weighted by atomic mass is 19.4. The Bertz CT molecular complexity index is 394. The highest BCUT2D eigenvalue weighted by Crippen LogP contribution is 2.49. The molecule has 7 heteroatoms. The number of fused-ring (bicyclic) bond motifs is 1. The third kappa shape index (κ3) is 4.02. The van der Waals surface area contributed by atoms with E-state index in [1.165, 1.54) is 4.90 Å². The summed E-state index contributed by atoms with van der Waals surface area (Å²) in [6.07, 6.45) is -4.54. The molecule has 0 radical (unpaired) electrons. The molecule has 1 aliphatic heterocycles. The number of rotatable bonds is 3. The Labute approximate surface area is 123 Å². The van der Waals surface area contributed by atoms with Crippen molar-refractivity contribution in [1.82, 2.24) is 9.80 Å². The number of ether oxygens (including phenoxy) is 1. The van der Waals surface area contributed by atoms with Crippen molar-refractivity contribution < 1.29 is 22.7 Å². The van der Waals surface area contributed by atoms with E-state index in [-0.39, 0.29) is 24.0 Å². The first-order valence-electron chi connectivity index (χ1n) is 7.30. The minimum atomic E-state index is -4.17. The predicted molar refractivity (Wildman–Crippen MR) is 71.9 cm³/mol. The van der Waals surface area contributed by atoms with Crippen molar-refractivity contribution >= 4 is 6.09 Å². The summed E-state index contributed by atoms with van der Waals surface area (Å²) in [4.78, 5) is 15.0. The third-order valence-electron chi connectivity index (χ3n) is 4.01. The Balaban J connectivity index is 1.85. The van der Waals surface area contributed by atoms with Gasteiger partial charge < -0.3 is 9.64 Å². The SMILES string of the molecule is CCN(CC(F)(F)F)[C@H]1[C@@H]2CN(C(=O)OC(C)(C)C)C[C@@H]21. The van der Waals surface area contributed by atoms with Crippen LogP contribution in [-0.2, 0) is 4.74 Å². The van der Waals surface area contributed by atoms with Gasteiger partial charge in [0.2, 0.25) is 0 Å². The van der Waals surface area contributed by atoms with Crippen molar-refractivity contribution in [2.75, 3.05) is 26.2 Å². The average Bonchev–Trinajstić information content (AvgIpc) is 2.77. The van der Waals surface area contributed by atoms with Crippen molar-refractivity contribution in [3.05, 3.63) is 0 Å². The number of carbonyl (C=O) groups is 1. The molecule has 0 aromatic rings. The number of piperidine rings is 1. The third-order valence-corrected chi connectivity index (χ3v) is 4.01. The first-order valence-corrected chi connectivity index (χ1v) is 7.30. The van der Waals surface area contributed by atoms with E-state index in [0.29, 0.717) is 19.6 Å². The number of likely N-dealkylation sites (tertiary alicyclic amines) is 1. The number of amides is 1. The number of nitrogens with zero attached hydrogens (tertiary/aromatic N) is 2. The van der Waals surface area contributed by atoms with Crippen molar-refractivity contribution in [3.8, 4) is 0 Å². The minimum absolute atomic E-state index is 0.0460. The lowest BCUT2D eigenvalue weighted by Gasteiger charge is -2.28. The van der Waals surface area contributed by atoms with Gasteiger partial charge in [-0.05, 0) is 39.2 Å². The zero-order valence-corrected chi connectivity index (χ0v) is 12.9. The smallest absolute Gasteiger partial charge is 0.410 e. The Morgan fingerprint density at radius 3 is 2.14 bits per heavy atom. The number of hydrogen-bond donors (Lipinski definition) is 0. The van der Waals surface area contributed by atoms with E-state index >= 15 is 0 Å². The molecule has 0 spiro atoms. The maximum absolute atomic E-state index is 12.5. The van der Waals surface area contributed by atoms with Crippen molar-refractivity contribution in [3.63, 3.8) is 0 Å². The fourth-order valence-electron chi connectivity index (χ4n) is 3.17. The summed E-state index contributed by atoms with van der Waals surface area (Å²) in [5.41, 5.74) is -0.547. The van der Waals surface area contributed by atoms with Crippen LogP contribution < -0.4 is 0 Å². The van der Waals surface area contributed by atoms with Crippen LogP contribution in [0.1, 0.15) is 27.7 Å². The Kier molecular flexibility index (Phi) is 4.17. The molecule has 1 saturated heterocycles. The lowest BCUT2D eigenvalue weighted by Crippen LogP contribution is -2.42. The highest BCUT2D eigenvalue weighted by molar-refractivity contribution is 5.69. The van der Waals surface area contributed by atoms with E-state index in [2.05, 4.69) is 0 Å². The van der Waals surface area contributed by atoms with E-state index in [4.69, 9.17) is 4.74 Å². The van der Waals surface area contributed by atoms with Gasteiger partial charge in [-0.15, -0.1) is 0 Å². The van der Waals surface area contributed by atoms with E-state index in [9.17, 15) is 18.0 Å². The van der Waals surface area contributed by atoms with Gasteiger partial charge in [0, 0.05) is 19.1 Å². The van der Waals surface area contributed by atoms with Crippen LogP contribution in [0, 0.1) is 11.8 Å². The molecule has 1 saturated carbocycles. The summed E-state index contributed by atoms with van der Waals surface area (Å²) in [6, 6.07) is -0.0460. The standard InChI is InChI=1S/C14H23F3N2O2/c1-5-18(8-14(15,16)17)11-9-6-19(7-10(9)11)12(20)21-13(2,3)4/h9-11H,5-8H2,1-4H3/t9-,10+,11+. The van der Waals surface area contributed by atoms with Gasteiger partial charge in [-0.1, -0.05) is 6.92 Å². The van der Waals surface area contributed by atoms with Crippen LogP contribution >= 0.6 is 0 Å². The molecule has 0 aromatic heterocycles. The molecule has 4 nitrogen and oxygen atoms in total. The second-order valence-corrected chi connectivity index (χ2v) is 6.88. The lowest BCUT2D eigenvalue weighted by atomic mass is 10.2. The minimum Gasteiger partial charge on any atom is -0.444 e. The molecule has 0 N–H and O–H groups in total. The highest BCUT2D eigenvalue weighted by Gasteiger charge is 2.60. The van der Waals surface area contributed by atoms with Crippen LogP contribution in [0.4, 0.5) is 18.0 Å². The van der Waals surface area contributed by atoms with E-state index < -0.39 is 18.3 Å². The topological polar surface area (TPSA) is 32.8 Å². The molecule has 3 atom stereocenters. The zero-order valence-electron chi connectivity index (χ0n) is 12.9. The predicted octanol–water partition coefficient (Wildman–Crippen LogP) is 2.74. The molecule has 2 fully saturated rings. The monoisotopic (exact) mass is 308 g/mol. The molecule has 21 heavy (non-hydrogen) atoms. The lowest BCUT2D eigenvalue weighted by molar-refractivity contribution is -0.148. The van der Waals surface area contributed by atoms with Crippen LogP contribution in [0.15, 0.2) is 0 Å². The molecule has 1 aliphatic carbocycles. The van der Waals surface area contributed by atoms with Crippen LogP contribution in [0.2, 0.25) is 0 Å². The summed E-state index contributed by atoms with van der Waals surface area (Å²) in [5.74, 6) is 0.305. The zero-order chi connectivity index (χ0) is 16.0. The van der Waals surface area contributed by atoms with E-state index in [1.807, 2.05) is 0 Å². The van der Waals surface area contributed by atoms with Crippen LogP contribution in [0.3, 0.4) is 0 Å². The number of alkyl halides is 3. The first kappa shape index (κ1) is 16.4. The number of halogens is 3. The molecule has 0 bridgehead atoms. The summed E-state index contributed by atoms with van der Waals surface area (Å²) < 4.78 is 42.9. The summed E-state index contributed by atoms with van der Waals surface area (Å²) in [7, 11) is 0. The van der Waals surface area contributed by atoms with Gasteiger partial charge in [0.25, 0.3) is 0 Å². The number of carbonyl (C=O) groups excluding carboxylic acids is 1. The molecular formula is C14H23F3N2O2. The second kappa shape index (κ2) is 5.34. The number of hydrogen-bond acceptors (Lipinski definition) is 3. The molecule has 2 rings (SSSR count). The second-order valence-electron chi connectivity index (χ2n) is 6.88. The van der Waals surface area contributed by atoms with E-state index in [0.717, 1.165) is 0 Å². The Morgan fingerprint density at radius 1 is 1.24 bits per heavy atom. The van der Waals surface area contributed by atoms with Gasteiger partial charge in [0.05, 0.1) is 6.54 Å². The van der Waals surface area contributed by atoms with Crippen molar-refractivity contribution in [2.45, 2.75) is 45.5 Å². The Hall–Kier alpha value is -0.980. The van der Waals surface area contributed by atoms with Gasteiger partial charge in [-0.2, -0.15) is 13.2 Å². The molecule has 0 aromatic carbocycles. The van der Waals surface area contributed by atoms with E-state index in [1.54, 1.807) is 32.6 Å². The molecule has 0 unspecified atom stereocenters. The van der Waals surface area contributed by atoms with Gasteiger partial charge in [0.1, 0.15) is 5.60 Å². The summed E-state index contributed by atoms with van der Waals surface area (Å²) in [6.45, 7) is 7.64. The maximum Gasteiger partial charge on any atom is 0.410 e. The first-order chi connectivity index (χ1) is 9.52. The van der Waals surface area contributed by atoms with Crippen molar-refractivity contribution in [2.24, 2.45) is 11.8 Å². The molecule has 2 aliphatic rings. The molecular weight excluding hydrogens is 285 g/mol.